The van der Waals surface area contributed by atoms with Gasteiger partial charge in [0.25, 0.3) is 5.91 Å². The summed E-state index contributed by atoms with van der Waals surface area (Å²) in [5.74, 6) is 1.02. The molecule has 156 valence electrons. The van der Waals surface area contributed by atoms with Gasteiger partial charge in [0, 0.05) is 18.7 Å². The molecule has 1 aliphatic carbocycles. The van der Waals surface area contributed by atoms with Crippen LogP contribution in [0.1, 0.15) is 61.8 Å². The molecule has 2 N–H and O–H groups in total. The minimum atomic E-state index is -0.276. The van der Waals surface area contributed by atoms with E-state index in [9.17, 15) is 9.59 Å². The summed E-state index contributed by atoms with van der Waals surface area (Å²) in [4.78, 5) is 24.8. The van der Waals surface area contributed by atoms with Gasteiger partial charge in [0.05, 0.1) is 11.8 Å². The maximum atomic E-state index is 12.6. The minimum Gasteiger partial charge on any atom is -0.353 e. The number of benzene rings is 1. The molecule has 0 unspecified atom stereocenters. The van der Waals surface area contributed by atoms with Gasteiger partial charge in [0.1, 0.15) is 0 Å². The Bertz CT molecular complexity index is 831. The fourth-order valence-electron chi connectivity index (χ4n) is 3.54. The van der Waals surface area contributed by atoms with Crippen LogP contribution in [0.15, 0.2) is 35.5 Å². The first-order valence-corrected chi connectivity index (χ1v) is 11.1. The fourth-order valence-corrected chi connectivity index (χ4v) is 4.26. The number of hydrogen-bond acceptors (Lipinski definition) is 5. The third-order valence-corrected chi connectivity index (χ3v) is 6.21. The highest BCUT2D eigenvalue weighted by Gasteiger charge is 2.25. The lowest BCUT2D eigenvalue weighted by molar-refractivity contribution is -0.119. The summed E-state index contributed by atoms with van der Waals surface area (Å²) in [5.41, 5.74) is 0.610. The van der Waals surface area contributed by atoms with E-state index in [0.29, 0.717) is 28.3 Å². The van der Waals surface area contributed by atoms with Crippen LogP contribution >= 0.6 is 11.8 Å². The molecule has 2 aromatic rings. The van der Waals surface area contributed by atoms with Crippen LogP contribution in [0.25, 0.3) is 0 Å². The molecule has 1 aromatic carbocycles. The van der Waals surface area contributed by atoms with E-state index in [4.69, 9.17) is 0 Å². The number of carbonyl (C=O) groups is 2. The first kappa shape index (κ1) is 21.4. The van der Waals surface area contributed by atoms with Crippen LogP contribution in [0.4, 0.5) is 0 Å². The molecule has 1 aromatic heterocycles. The minimum absolute atomic E-state index is 0.0317. The molecule has 0 bridgehead atoms. The van der Waals surface area contributed by atoms with Crippen molar-refractivity contribution in [1.82, 2.24) is 25.4 Å². The second kappa shape index (κ2) is 9.91. The number of aromatic nitrogens is 3. The van der Waals surface area contributed by atoms with Gasteiger partial charge in [-0.2, -0.15) is 0 Å². The van der Waals surface area contributed by atoms with E-state index in [1.54, 1.807) is 12.1 Å². The third kappa shape index (κ3) is 5.59. The zero-order valence-corrected chi connectivity index (χ0v) is 18.0. The monoisotopic (exact) mass is 415 g/mol. The Hall–Kier alpha value is -2.35. The Kier molecular flexibility index (Phi) is 7.30. The van der Waals surface area contributed by atoms with Gasteiger partial charge >= 0.3 is 0 Å². The second-order valence-electron chi connectivity index (χ2n) is 7.80. The molecule has 7 nitrogen and oxygen atoms in total. The van der Waals surface area contributed by atoms with Crippen molar-refractivity contribution in [2.24, 2.45) is 13.0 Å². The lowest BCUT2D eigenvalue weighted by Gasteiger charge is -2.21. The molecule has 1 fully saturated rings. The van der Waals surface area contributed by atoms with Crippen LogP contribution in [0.5, 0.6) is 0 Å². The fraction of sp³-hybridized carbons (Fsp3) is 0.524. The first-order valence-electron chi connectivity index (χ1n) is 10.1. The largest absolute Gasteiger partial charge is 0.353 e. The summed E-state index contributed by atoms with van der Waals surface area (Å²) in [6, 6.07) is 9.17. The Balaban J connectivity index is 1.63. The number of nitrogens with zero attached hydrogens (tertiary/aromatic N) is 3. The van der Waals surface area contributed by atoms with E-state index in [1.807, 2.05) is 43.7 Å². The quantitative estimate of drug-likeness (QED) is 0.647. The average Bonchev–Trinajstić information content (AvgIpc) is 3.34. The van der Waals surface area contributed by atoms with Crippen LogP contribution in [-0.2, 0) is 11.8 Å². The van der Waals surface area contributed by atoms with Gasteiger partial charge in [-0.3, -0.25) is 9.59 Å². The molecule has 8 heteroatoms. The Labute approximate surface area is 176 Å². The summed E-state index contributed by atoms with van der Waals surface area (Å²) >= 11 is 1.37. The van der Waals surface area contributed by atoms with E-state index in [1.165, 1.54) is 24.6 Å². The van der Waals surface area contributed by atoms with Gasteiger partial charge in [-0.25, -0.2) is 0 Å². The molecule has 1 aliphatic rings. The van der Waals surface area contributed by atoms with Crippen LogP contribution in [0, 0.1) is 5.92 Å². The highest BCUT2D eigenvalue weighted by molar-refractivity contribution is 7.99. The van der Waals surface area contributed by atoms with Gasteiger partial charge in [-0.05, 0) is 30.9 Å². The normalized spacial score (nSPS) is 15.4. The van der Waals surface area contributed by atoms with Crippen LogP contribution < -0.4 is 10.6 Å². The zero-order chi connectivity index (χ0) is 20.8. The molecule has 0 spiro atoms. The van der Waals surface area contributed by atoms with Crippen molar-refractivity contribution in [2.45, 2.75) is 56.8 Å². The number of amides is 2. The van der Waals surface area contributed by atoms with E-state index in [-0.39, 0.29) is 23.8 Å². The van der Waals surface area contributed by atoms with Crippen LogP contribution in [0.3, 0.4) is 0 Å². The van der Waals surface area contributed by atoms with Crippen LogP contribution in [-0.4, -0.2) is 38.4 Å². The summed E-state index contributed by atoms with van der Waals surface area (Å²) in [7, 11) is 1.87. The summed E-state index contributed by atoms with van der Waals surface area (Å²) < 4.78 is 1.86. The summed E-state index contributed by atoms with van der Waals surface area (Å²) in [5, 5.41) is 15.4. The van der Waals surface area contributed by atoms with Gasteiger partial charge in [0.2, 0.25) is 5.91 Å². The number of thioether (sulfide) groups is 1. The van der Waals surface area contributed by atoms with Crippen molar-refractivity contribution < 1.29 is 9.59 Å². The second-order valence-corrected chi connectivity index (χ2v) is 8.74. The predicted octanol–water partition coefficient (Wildman–Crippen LogP) is 3.09. The average molecular weight is 416 g/mol. The third-order valence-electron chi connectivity index (χ3n) is 5.19. The van der Waals surface area contributed by atoms with Gasteiger partial charge in [-0.1, -0.05) is 56.7 Å². The number of rotatable bonds is 8. The maximum absolute atomic E-state index is 12.6. The van der Waals surface area contributed by atoms with Crippen molar-refractivity contribution in [1.29, 1.82) is 0 Å². The van der Waals surface area contributed by atoms with Crippen molar-refractivity contribution in [3.8, 4) is 0 Å². The van der Waals surface area contributed by atoms with E-state index >= 15 is 0 Å². The van der Waals surface area contributed by atoms with Gasteiger partial charge in [0.15, 0.2) is 11.0 Å². The topological polar surface area (TPSA) is 88.9 Å². The predicted molar refractivity (Wildman–Crippen MR) is 114 cm³/mol. The Morgan fingerprint density at radius 3 is 2.52 bits per heavy atom. The number of carbonyl (C=O) groups excluding carboxylic acids is 2. The first-order chi connectivity index (χ1) is 14.0. The molecule has 1 heterocycles. The highest BCUT2D eigenvalue weighted by atomic mass is 32.2. The lowest BCUT2D eigenvalue weighted by Crippen LogP contribution is -2.34. The Morgan fingerprint density at radius 2 is 1.86 bits per heavy atom. The van der Waals surface area contributed by atoms with Crippen molar-refractivity contribution in [3.63, 3.8) is 0 Å². The molecule has 1 saturated carbocycles. The SMILES string of the molecule is CC(C)[C@@H](NC(=O)c1ccccc1)c1nnc(SCC(=O)NC2CCCC2)n1C. The molecule has 3 rings (SSSR count). The lowest BCUT2D eigenvalue weighted by atomic mass is 10.0. The smallest absolute Gasteiger partial charge is 0.251 e. The molecular formula is C21H29N5O2S. The molecule has 0 aliphatic heterocycles. The molecule has 0 radical (unpaired) electrons. The Morgan fingerprint density at radius 1 is 1.17 bits per heavy atom. The van der Waals surface area contributed by atoms with E-state index in [0.717, 1.165) is 12.8 Å². The highest BCUT2D eigenvalue weighted by Crippen LogP contribution is 2.24. The molecule has 2 amide bonds. The molecule has 0 saturated heterocycles. The van der Waals surface area contributed by atoms with E-state index < -0.39 is 0 Å². The zero-order valence-electron chi connectivity index (χ0n) is 17.2. The van der Waals surface area contributed by atoms with Crippen molar-refractivity contribution >= 4 is 23.6 Å². The summed E-state index contributed by atoms with van der Waals surface area (Å²) in [6.07, 6.45) is 4.52. The number of nitrogens with one attached hydrogen (secondary N) is 2. The van der Waals surface area contributed by atoms with E-state index in [2.05, 4.69) is 20.8 Å². The summed E-state index contributed by atoms with van der Waals surface area (Å²) in [6.45, 7) is 4.07. The van der Waals surface area contributed by atoms with Gasteiger partial charge in [-0.15, -0.1) is 10.2 Å². The van der Waals surface area contributed by atoms with Gasteiger partial charge < -0.3 is 15.2 Å². The molecular weight excluding hydrogens is 386 g/mol. The molecule has 1 atom stereocenters. The maximum Gasteiger partial charge on any atom is 0.251 e. The van der Waals surface area contributed by atoms with Crippen molar-refractivity contribution in [3.05, 3.63) is 41.7 Å². The number of hydrogen-bond donors (Lipinski definition) is 2. The standard InChI is InChI=1S/C21H29N5O2S/c1-14(2)18(23-20(28)15-9-5-4-6-10-15)19-24-25-21(26(19)3)29-13-17(27)22-16-11-7-8-12-16/h4-6,9-10,14,16,18H,7-8,11-13H2,1-3H3,(H,22,27)(H,23,28)/t18-/m1/s1. The molecule has 29 heavy (non-hydrogen) atoms. The van der Waals surface area contributed by atoms with Crippen molar-refractivity contribution in [2.75, 3.05) is 5.75 Å². The van der Waals surface area contributed by atoms with Crippen LogP contribution in [0.2, 0.25) is 0 Å².